The third-order valence-electron chi connectivity index (χ3n) is 2.34. The maximum atomic E-state index is 12.1. The molecule has 19 heavy (non-hydrogen) atoms. The molecule has 0 aromatic heterocycles. The van der Waals surface area contributed by atoms with Gasteiger partial charge in [0, 0.05) is 11.6 Å². The van der Waals surface area contributed by atoms with E-state index in [1.165, 1.54) is 18.2 Å². The van der Waals surface area contributed by atoms with E-state index < -0.39 is 12.1 Å². The summed E-state index contributed by atoms with van der Waals surface area (Å²) in [7, 11) is 0. The zero-order valence-electron chi connectivity index (χ0n) is 9.48. The number of hydrogen-bond acceptors (Lipinski definition) is 3. The number of para-hydroxylation sites is 1. The standard InChI is InChI=1S/C13H9F3O3/c14-13(15,16)19-10-6-8(5-9(17)7-10)11-3-1-2-4-12(11)18/h1-7,17-18H. The monoisotopic (exact) mass is 270 g/mol. The number of phenols is 2. The first-order chi connectivity index (χ1) is 8.85. The van der Waals surface area contributed by atoms with E-state index in [0.29, 0.717) is 5.56 Å². The van der Waals surface area contributed by atoms with Gasteiger partial charge in [0.1, 0.15) is 17.2 Å². The van der Waals surface area contributed by atoms with Crippen LogP contribution in [0.4, 0.5) is 13.2 Å². The van der Waals surface area contributed by atoms with Gasteiger partial charge in [-0.3, -0.25) is 0 Å². The summed E-state index contributed by atoms with van der Waals surface area (Å²) < 4.78 is 40.1. The van der Waals surface area contributed by atoms with Crippen molar-refractivity contribution in [3.05, 3.63) is 42.5 Å². The fraction of sp³-hybridized carbons (Fsp3) is 0.0769. The van der Waals surface area contributed by atoms with E-state index in [-0.39, 0.29) is 17.1 Å². The van der Waals surface area contributed by atoms with Crippen LogP contribution in [-0.4, -0.2) is 16.6 Å². The van der Waals surface area contributed by atoms with E-state index in [0.717, 1.165) is 12.1 Å². The first-order valence-corrected chi connectivity index (χ1v) is 5.23. The van der Waals surface area contributed by atoms with Crippen LogP contribution in [0.2, 0.25) is 0 Å². The Morgan fingerprint density at radius 3 is 2.26 bits per heavy atom. The van der Waals surface area contributed by atoms with Crippen molar-refractivity contribution < 1.29 is 28.1 Å². The summed E-state index contributed by atoms with van der Waals surface area (Å²) in [6.07, 6.45) is -4.84. The lowest BCUT2D eigenvalue weighted by Gasteiger charge is -2.11. The number of ether oxygens (including phenoxy) is 1. The SMILES string of the molecule is Oc1cc(OC(F)(F)F)cc(-c2ccccc2O)c1. The first-order valence-electron chi connectivity index (χ1n) is 5.23. The van der Waals surface area contributed by atoms with Crippen molar-refractivity contribution in [1.82, 2.24) is 0 Å². The number of rotatable bonds is 2. The van der Waals surface area contributed by atoms with Gasteiger partial charge in [-0.05, 0) is 23.8 Å². The van der Waals surface area contributed by atoms with Crippen molar-refractivity contribution in [2.45, 2.75) is 6.36 Å². The molecule has 0 fully saturated rings. The van der Waals surface area contributed by atoms with Crippen LogP contribution in [0.3, 0.4) is 0 Å². The second-order valence-corrected chi connectivity index (χ2v) is 3.78. The lowest BCUT2D eigenvalue weighted by molar-refractivity contribution is -0.274. The lowest BCUT2D eigenvalue weighted by Crippen LogP contribution is -2.17. The molecule has 2 N–H and O–H groups in total. The summed E-state index contributed by atoms with van der Waals surface area (Å²) in [5.41, 5.74) is 0.516. The molecule has 0 unspecified atom stereocenters. The fourth-order valence-corrected chi connectivity index (χ4v) is 1.65. The highest BCUT2D eigenvalue weighted by Gasteiger charge is 2.31. The Morgan fingerprint density at radius 2 is 1.63 bits per heavy atom. The zero-order chi connectivity index (χ0) is 14.0. The van der Waals surface area contributed by atoms with Crippen LogP contribution >= 0.6 is 0 Å². The van der Waals surface area contributed by atoms with E-state index in [1.54, 1.807) is 12.1 Å². The minimum atomic E-state index is -4.84. The zero-order valence-corrected chi connectivity index (χ0v) is 9.48. The molecule has 2 rings (SSSR count). The predicted molar refractivity (Wildman–Crippen MR) is 61.9 cm³/mol. The van der Waals surface area contributed by atoms with Crippen molar-refractivity contribution in [2.24, 2.45) is 0 Å². The van der Waals surface area contributed by atoms with E-state index in [1.807, 2.05) is 0 Å². The maximum Gasteiger partial charge on any atom is 0.573 e. The summed E-state index contributed by atoms with van der Waals surface area (Å²) in [6.45, 7) is 0. The van der Waals surface area contributed by atoms with Gasteiger partial charge >= 0.3 is 6.36 Å². The Labute approximate surface area is 106 Å². The van der Waals surface area contributed by atoms with Gasteiger partial charge in [-0.15, -0.1) is 13.2 Å². The van der Waals surface area contributed by atoms with Gasteiger partial charge in [-0.2, -0.15) is 0 Å². The highest BCUT2D eigenvalue weighted by atomic mass is 19.4. The highest BCUT2D eigenvalue weighted by molar-refractivity contribution is 5.72. The average molecular weight is 270 g/mol. The second-order valence-electron chi connectivity index (χ2n) is 3.78. The largest absolute Gasteiger partial charge is 0.573 e. The number of alkyl halides is 3. The molecular formula is C13H9F3O3. The number of aromatic hydroxyl groups is 2. The van der Waals surface area contributed by atoms with Gasteiger partial charge < -0.3 is 14.9 Å². The molecule has 0 spiro atoms. The molecule has 6 heteroatoms. The Bertz CT molecular complexity index is 594. The molecule has 0 heterocycles. The highest BCUT2D eigenvalue weighted by Crippen LogP contribution is 2.35. The van der Waals surface area contributed by atoms with Crippen LogP contribution in [0.15, 0.2) is 42.5 Å². The molecule has 0 amide bonds. The molecule has 0 radical (unpaired) electrons. The summed E-state index contributed by atoms with van der Waals surface area (Å²) in [5, 5.41) is 19.0. The average Bonchev–Trinajstić information content (AvgIpc) is 2.26. The Balaban J connectivity index is 2.45. The molecule has 100 valence electrons. The van der Waals surface area contributed by atoms with Crippen molar-refractivity contribution in [3.63, 3.8) is 0 Å². The van der Waals surface area contributed by atoms with Gasteiger partial charge in [0.15, 0.2) is 0 Å². The molecule has 0 aliphatic heterocycles. The van der Waals surface area contributed by atoms with Crippen LogP contribution in [0.5, 0.6) is 17.2 Å². The van der Waals surface area contributed by atoms with Crippen LogP contribution in [0.1, 0.15) is 0 Å². The third-order valence-corrected chi connectivity index (χ3v) is 2.34. The summed E-state index contributed by atoms with van der Waals surface area (Å²) in [5.74, 6) is -1.04. The van der Waals surface area contributed by atoms with Crippen molar-refractivity contribution >= 4 is 0 Å². The molecule has 0 atom stereocenters. The minimum Gasteiger partial charge on any atom is -0.508 e. The minimum absolute atomic E-state index is 0.106. The van der Waals surface area contributed by atoms with E-state index in [9.17, 15) is 23.4 Å². The number of phenolic OH excluding ortho intramolecular Hbond substituents is 2. The van der Waals surface area contributed by atoms with Crippen molar-refractivity contribution in [3.8, 4) is 28.4 Å². The molecule has 0 aliphatic rings. The number of halogens is 3. The Hall–Kier alpha value is -2.37. The number of benzene rings is 2. The van der Waals surface area contributed by atoms with Gasteiger partial charge in [0.25, 0.3) is 0 Å². The maximum absolute atomic E-state index is 12.1. The molecule has 0 saturated heterocycles. The van der Waals surface area contributed by atoms with Gasteiger partial charge in [0.2, 0.25) is 0 Å². The molecule has 2 aromatic carbocycles. The van der Waals surface area contributed by atoms with Crippen LogP contribution < -0.4 is 4.74 Å². The van der Waals surface area contributed by atoms with Gasteiger partial charge in [0.05, 0.1) is 0 Å². The molecule has 3 nitrogen and oxygen atoms in total. The van der Waals surface area contributed by atoms with Crippen LogP contribution in [0, 0.1) is 0 Å². The van der Waals surface area contributed by atoms with Gasteiger partial charge in [-0.25, -0.2) is 0 Å². The van der Waals surface area contributed by atoms with E-state index in [4.69, 9.17) is 0 Å². The summed E-state index contributed by atoms with van der Waals surface area (Å²) in [6, 6.07) is 9.26. The van der Waals surface area contributed by atoms with E-state index >= 15 is 0 Å². The summed E-state index contributed by atoms with van der Waals surface area (Å²) in [4.78, 5) is 0. The van der Waals surface area contributed by atoms with Gasteiger partial charge in [-0.1, -0.05) is 18.2 Å². The molecule has 0 aliphatic carbocycles. The normalized spacial score (nSPS) is 11.3. The first kappa shape index (κ1) is 13.1. The fourth-order valence-electron chi connectivity index (χ4n) is 1.65. The topological polar surface area (TPSA) is 49.7 Å². The van der Waals surface area contributed by atoms with Crippen LogP contribution in [0.25, 0.3) is 11.1 Å². The summed E-state index contributed by atoms with van der Waals surface area (Å²) >= 11 is 0. The Kier molecular flexibility index (Phi) is 3.25. The Morgan fingerprint density at radius 1 is 0.947 bits per heavy atom. The predicted octanol–water partition coefficient (Wildman–Crippen LogP) is 3.66. The smallest absolute Gasteiger partial charge is 0.508 e. The third kappa shape index (κ3) is 3.31. The molecule has 0 bridgehead atoms. The molecule has 2 aromatic rings. The van der Waals surface area contributed by atoms with E-state index in [2.05, 4.69) is 4.74 Å². The molecule has 0 saturated carbocycles. The number of hydrogen-bond donors (Lipinski definition) is 2. The lowest BCUT2D eigenvalue weighted by atomic mass is 10.0. The second kappa shape index (κ2) is 4.72. The van der Waals surface area contributed by atoms with Crippen molar-refractivity contribution in [2.75, 3.05) is 0 Å². The van der Waals surface area contributed by atoms with Crippen LogP contribution in [-0.2, 0) is 0 Å². The quantitative estimate of drug-likeness (QED) is 0.875. The van der Waals surface area contributed by atoms with Crippen molar-refractivity contribution in [1.29, 1.82) is 0 Å². The molecular weight excluding hydrogens is 261 g/mol.